The van der Waals surface area contributed by atoms with Crippen molar-refractivity contribution in [2.45, 2.75) is 0 Å². The molecule has 0 spiro atoms. The smallest absolute Gasteiger partial charge is 0.545 e. The molecule has 0 unspecified atom stereocenters. The van der Waals surface area contributed by atoms with Crippen LogP contribution in [0.3, 0.4) is 0 Å². The molecule has 0 fully saturated rings. The van der Waals surface area contributed by atoms with Crippen molar-refractivity contribution in [3.63, 3.8) is 0 Å². The summed E-state index contributed by atoms with van der Waals surface area (Å²) in [6, 6.07) is 25.0. The molecule has 1 radical (unpaired) electrons. The van der Waals surface area contributed by atoms with Crippen molar-refractivity contribution >= 4 is 17.9 Å². The number of hydrogen-bond donors (Lipinski definition) is 1. The topological polar surface area (TPSA) is 118 Å². The minimum atomic E-state index is -1.13. The van der Waals surface area contributed by atoms with Crippen molar-refractivity contribution in [3.8, 4) is 0 Å². The Morgan fingerprint density at radius 3 is 1.21 bits per heavy atom. The van der Waals surface area contributed by atoms with Crippen LogP contribution in [0.15, 0.2) is 84.9 Å². The Labute approximate surface area is 172 Å². The van der Waals surface area contributed by atoms with Gasteiger partial charge in [-0.3, -0.25) is 0 Å². The summed E-state index contributed by atoms with van der Waals surface area (Å²) in [5.74, 6) is -3.16. The summed E-state index contributed by atoms with van der Waals surface area (Å²) in [6.07, 6.45) is 0. The summed E-state index contributed by atoms with van der Waals surface area (Å²) < 4.78 is 0. The third kappa shape index (κ3) is 9.92. The van der Waals surface area contributed by atoms with Gasteiger partial charge < -0.3 is 24.9 Å². The van der Waals surface area contributed by atoms with Gasteiger partial charge in [0.25, 0.3) is 0 Å². The first-order chi connectivity index (χ1) is 12.9. The van der Waals surface area contributed by atoms with Gasteiger partial charge in [0.15, 0.2) is 0 Å². The molecule has 141 valence electrons. The Bertz CT molecular complexity index is 734. The summed E-state index contributed by atoms with van der Waals surface area (Å²) in [7, 11) is 0. The van der Waals surface area contributed by atoms with Gasteiger partial charge >= 0.3 is 23.3 Å². The average Bonchev–Trinajstić information content (AvgIpc) is 2.71. The Kier molecular flexibility index (Phi) is 12.1. The van der Waals surface area contributed by atoms with Crippen molar-refractivity contribution in [1.29, 1.82) is 0 Å². The van der Waals surface area contributed by atoms with Crippen LogP contribution in [0.5, 0.6) is 0 Å². The molecule has 0 heterocycles. The summed E-state index contributed by atoms with van der Waals surface area (Å²) in [5.41, 5.74) is 0.740. The van der Waals surface area contributed by atoms with E-state index in [-0.39, 0.29) is 28.5 Å². The first-order valence-electron chi connectivity index (χ1n) is 7.64. The van der Waals surface area contributed by atoms with Gasteiger partial charge in [-0.25, -0.2) is 4.79 Å². The molecule has 6 nitrogen and oxygen atoms in total. The van der Waals surface area contributed by atoms with E-state index >= 15 is 0 Å². The van der Waals surface area contributed by atoms with Gasteiger partial charge in [-0.15, -0.1) is 0 Å². The normalized spacial score (nSPS) is 8.57. The number of carboxylic acids is 3. The number of carboxylic acid groups (broad SMARTS) is 3. The van der Waals surface area contributed by atoms with Crippen LogP contribution in [0.1, 0.15) is 31.1 Å². The van der Waals surface area contributed by atoms with Crippen molar-refractivity contribution in [2.24, 2.45) is 0 Å². The second-order valence-corrected chi connectivity index (χ2v) is 4.90. The summed E-state index contributed by atoms with van der Waals surface area (Å²) in [6.45, 7) is 0. The molecular formula is C21H15CrO6. The van der Waals surface area contributed by atoms with E-state index < -0.39 is 17.9 Å². The SMILES string of the molecule is O=C(O)c1cc[c-]cc1.O=C([O-])c1ccccc1.O=C([O-])c1ccccc1.[Cr+3]. The van der Waals surface area contributed by atoms with Crippen LogP contribution in [-0.4, -0.2) is 23.0 Å². The second-order valence-electron chi connectivity index (χ2n) is 4.90. The van der Waals surface area contributed by atoms with E-state index in [4.69, 9.17) is 5.11 Å². The summed E-state index contributed by atoms with van der Waals surface area (Å²) >= 11 is 0. The van der Waals surface area contributed by atoms with Crippen LogP contribution in [0.4, 0.5) is 0 Å². The molecule has 0 atom stereocenters. The molecule has 0 bridgehead atoms. The number of rotatable bonds is 3. The van der Waals surface area contributed by atoms with E-state index in [0.29, 0.717) is 5.56 Å². The van der Waals surface area contributed by atoms with Crippen molar-refractivity contribution < 1.29 is 47.1 Å². The molecule has 3 rings (SSSR count). The Morgan fingerprint density at radius 1 is 0.643 bits per heavy atom. The van der Waals surface area contributed by atoms with E-state index in [9.17, 15) is 24.6 Å². The number of benzene rings is 3. The predicted molar refractivity (Wildman–Crippen MR) is 93.8 cm³/mol. The second kappa shape index (κ2) is 13.8. The molecule has 28 heavy (non-hydrogen) atoms. The summed E-state index contributed by atoms with van der Waals surface area (Å²) in [5, 5.41) is 28.6. The van der Waals surface area contributed by atoms with E-state index in [1.54, 1.807) is 48.5 Å². The van der Waals surface area contributed by atoms with E-state index in [2.05, 4.69) is 6.07 Å². The van der Waals surface area contributed by atoms with E-state index in [1.165, 1.54) is 36.4 Å². The van der Waals surface area contributed by atoms with Crippen LogP contribution < -0.4 is 10.2 Å². The van der Waals surface area contributed by atoms with Crippen molar-refractivity contribution in [2.75, 3.05) is 0 Å². The van der Waals surface area contributed by atoms with Crippen LogP contribution in [0.2, 0.25) is 0 Å². The molecule has 7 heteroatoms. The first-order valence-corrected chi connectivity index (χ1v) is 7.64. The molecule has 3 aromatic rings. The van der Waals surface area contributed by atoms with Gasteiger partial charge in [-0.05, 0) is 16.7 Å². The Balaban J connectivity index is 0.000000384. The van der Waals surface area contributed by atoms with Gasteiger partial charge in [0.1, 0.15) is 0 Å². The molecule has 0 aliphatic rings. The molecule has 3 aromatic carbocycles. The van der Waals surface area contributed by atoms with E-state index in [1.807, 2.05) is 0 Å². The number of aromatic carboxylic acids is 3. The molecular weight excluding hydrogens is 400 g/mol. The third-order valence-corrected chi connectivity index (χ3v) is 2.98. The van der Waals surface area contributed by atoms with Crippen molar-refractivity contribution in [1.82, 2.24) is 0 Å². The Hall–Kier alpha value is -3.40. The zero-order valence-electron chi connectivity index (χ0n) is 14.5. The Morgan fingerprint density at radius 2 is 1.00 bits per heavy atom. The minimum Gasteiger partial charge on any atom is -0.545 e. The molecule has 0 saturated heterocycles. The fourth-order valence-electron chi connectivity index (χ4n) is 1.68. The van der Waals surface area contributed by atoms with Gasteiger partial charge in [0.2, 0.25) is 0 Å². The average molecular weight is 415 g/mol. The fraction of sp³-hybridized carbons (Fsp3) is 0. The van der Waals surface area contributed by atoms with Gasteiger partial charge in [0, 0.05) is 0 Å². The maximum Gasteiger partial charge on any atom is 3.00 e. The standard InChI is InChI=1S/2C7H6O2.C7H5O2.Cr/c3*8-7(9)6-4-2-1-3-5-6;/h2*1-5H,(H,8,9);2-5H,(H,8,9);/q;;-1;+3/p-2. The minimum absolute atomic E-state index is 0. The largest absolute Gasteiger partial charge is 3.00 e. The first kappa shape index (κ1) is 24.6. The number of carbonyl (C=O) groups excluding carboxylic acids is 2. The van der Waals surface area contributed by atoms with Crippen LogP contribution >= 0.6 is 0 Å². The van der Waals surface area contributed by atoms with Crippen LogP contribution in [0.25, 0.3) is 0 Å². The zero-order valence-corrected chi connectivity index (χ0v) is 15.8. The predicted octanol–water partition coefficient (Wildman–Crippen LogP) is 1.28. The zero-order chi connectivity index (χ0) is 20.1. The van der Waals surface area contributed by atoms with Gasteiger partial charge in [-0.2, -0.15) is 30.3 Å². The van der Waals surface area contributed by atoms with Gasteiger partial charge in [-0.1, -0.05) is 60.7 Å². The molecule has 0 aromatic heterocycles. The quantitative estimate of drug-likeness (QED) is 0.644. The molecule has 1 N–H and O–H groups in total. The van der Waals surface area contributed by atoms with Gasteiger partial charge in [0.05, 0.1) is 11.9 Å². The maximum atomic E-state index is 10.2. The van der Waals surface area contributed by atoms with Crippen LogP contribution in [0, 0.1) is 6.07 Å². The van der Waals surface area contributed by atoms with Crippen molar-refractivity contribution in [3.05, 3.63) is 108 Å². The fourth-order valence-corrected chi connectivity index (χ4v) is 1.68. The maximum absolute atomic E-state index is 10.2. The number of carbonyl (C=O) groups is 3. The number of hydrogen-bond acceptors (Lipinski definition) is 5. The molecule has 0 aliphatic heterocycles. The molecule has 0 aliphatic carbocycles. The van der Waals surface area contributed by atoms with Crippen LogP contribution in [-0.2, 0) is 17.4 Å². The third-order valence-electron chi connectivity index (χ3n) is 2.98. The summed E-state index contributed by atoms with van der Waals surface area (Å²) in [4.78, 5) is 30.4. The molecule has 0 amide bonds. The monoisotopic (exact) mass is 415 g/mol. The molecule has 0 saturated carbocycles. The van der Waals surface area contributed by atoms with E-state index in [0.717, 1.165) is 0 Å².